The van der Waals surface area contributed by atoms with Crippen LogP contribution in [0.5, 0.6) is 0 Å². The van der Waals surface area contributed by atoms with Crippen LogP contribution in [0.25, 0.3) is 0 Å². The van der Waals surface area contributed by atoms with E-state index in [9.17, 15) is 5.11 Å². The van der Waals surface area contributed by atoms with E-state index in [2.05, 4.69) is 49.2 Å². The molecular weight excluding hydrogens is 260 g/mol. The molecule has 1 saturated heterocycles. The highest BCUT2D eigenvalue weighted by Crippen LogP contribution is 2.21. The van der Waals surface area contributed by atoms with Crippen LogP contribution in [0.3, 0.4) is 0 Å². The summed E-state index contributed by atoms with van der Waals surface area (Å²) in [6.45, 7) is 10.5. The van der Waals surface area contributed by atoms with Crippen LogP contribution < -0.4 is 5.32 Å². The Morgan fingerprint density at radius 1 is 1.29 bits per heavy atom. The Kier molecular flexibility index (Phi) is 6.22. The van der Waals surface area contributed by atoms with Gasteiger partial charge in [0.2, 0.25) is 0 Å². The number of hydrogen-bond acceptors (Lipinski definition) is 3. The van der Waals surface area contributed by atoms with Gasteiger partial charge in [0, 0.05) is 25.7 Å². The van der Waals surface area contributed by atoms with E-state index in [1.807, 2.05) is 0 Å². The standard InChI is InChI=1S/C18H30N2O/c1-4-7-19-18(6-9-20-8-5-17(21)13-20)16-11-14(2)10-15(3)12-16/h10-12,17-19,21H,4-9,13H2,1-3H3. The van der Waals surface area contributed by atoms with Crippen LogP contribution in [0.2, 0.25) is 0 Å². The highest BCUT2D eigenvalue weighted by Gasteiger charge is 2.21. The third-order valence-corrected chi connectivity index (χ3v) is 4.27. The van der Waals surface area contributed by atoms with Gasteiger partial charge in [-0.2, -0.15) is 0 Å². The van der Waals surface area contributed by atoms with Gasteiger partial charge in [-0.3, -0.25) is 0 Å². The average molecular weight is 290 g/mol. The Bertz CT molecular complexity index is 427. The summed E-state index contributed by atoms with van der Waals surface area (Å²) in [6, 6.07) is 7.26. The first-order valence-corrected chi connectivity index (χ1v) is 8.30. The summed E-state index contributed by atoms with van der Waals surface area (Å²) in [6.07, 6.45) is 3.07. The topological polar surface area (TPSA) is 35.5 Å². The largest absolute Gasteiger partial charge is 0.392 e. The quantitative estimate of drug-likeness (QED) is 0.810. The molecule has 2 N–H and O–H groups in total. The Hall–Kier alpha value is -0.900. The van der Waals surface area contributed by atoms with Crippen molar-refractivity contribution in [2.24, 2.45) is 0 Å². The molecule has 2 unspecified atom stereocenters. The summed E-state index contributed by atoms with van der Waals surface area (Å²) >= 11 is 0. The van der Waals surface area contributed by atoms with Gasteiger partial charge in [-0.05, 0) is 45.2 Å². The lowest BCUT2D eigenvalue weighted by Crippen LogP contribution is -2.29. The van der Waals surface area contributed by atoms with E-state index >= 15 is 0 Å². The fraction of sp³-hybridized carbons (Fsp3) is 0.667. The molecule has 0 aromatic heterocycles. The van der Waals surface area contributed by atoms with Crippen LogP contribution in [0.15, 0.2) is 18.2 Å². The number of nitrogens with zero attached hydrogens (tertiary/aromatic N) is 1. The Balaban J connectivity index is 1.99. The van der Waals surface area contributed by atoms with Crippen LogP contribution in [0.4, 0.5) is 0 Å². The highest BCUT2D eigenvalue weighted by molar-refractivity contribution is 5.30. The van der Waals surface area contributed by atoms with Gasteiger partial charge in [0.25, 0.3) is 0 Å². The molecule has 0 radical (unpaired) electrons. The van der Waals surface area contributed by atoms with Gasteiger partial charge < -0.3 is 15.3 Å². The number of aliphatic hydroxyl groups is 1. The summed E-state index contributed by atoms with van der Waals surface area (Å²) in [5.41, 5.74) is 4.08. The summed E-state index contributed by atoms with van der Waals surface area (Å²) in [5, 5.41) is 13.3. The minimum absolute atomic E-state index is 0.117. The van der Waals surface area contributed by atoms with Crippen molar-refractivity contribution < 1.29 is 5.11 Å². The molecule has 1 aliphatic rings. The average Bonchev–Trinajstić information content (AvgIpc) is 2.83. The molecule has 0 bridgehead atoms. The van der Waals surface area contributed by atoms with E-state index in [1.54, 1.807) is 0 Å². The second kappa shape index (κ2) is 7.92. The summed E-state index contributed by atoms with van der Waals surface area (Å²) in [4.78, 5) is 2.38. The van der Waals surface area contributed by atoms with Crippen molar-refractivity contribution in [1.82, 2.24) is 10.2 Å². The van der Waals surface area contributed by atoms with Crippen LogP contribution in [-0.4, -0.2) is 42.3 Å². The molecule has 2 rings (SSSR count). The molecule has 1 aliphatic heterocycles. The van der Waals surface area contributed by atoms with Crippen LogP contribution in [0, 0.1) is 13.8 Å². The van der Waals surface area contributed by atoms with Gasteiger partial charge in [0.15, 0.2) is 0 Å². The van der Waals surface area contributed by atoms with E-state index in [-0.39, 0.29) is 6.10 Å². The zero-order valence-corrected chi connectivity index (χ0v) is 13.7. The molecule has 3 nitrogen and oxygen atoms in total. The zero-order valence-electron chi connectivity index (χ0n) is 13.7. The molecule has 1 aromatic carbocycles. The molecule has 2 atom stereocenters. The second-order valence-corrected chi connectivity index (χ2v) is 6.46. The molecule has 0 amide bonds. The first-order valence-electron chi connectivity index (χ1n) is 8.30. The lowest BCUT2D eigenvalue weighted by Gasteiger charge is -2.23. The lowest BCUT2D eigenvalue weighted by atomic mass is 9.98. The van der Waals surface area contributed by atoms with Crippen molar-refractivity contribution in [3.8, 4) is 0 Å². The van der Waals surface area contributed by atoms with E-state index in [1.165, 1.54) is 16.7 Å². The highest BCUT2D eigenvalue weighted by atomic mass is 16.3. The van der Waals surface area contributed by atoms with E-state index in [0.717, 1.165) is 45.4 Å². The summed E-state index contributed by atoms with van der Waals surface area (Å²) in [5.74, 6) is 0. The first-order chi connectivity index (χ1) is 10.1. The number of aliphatic hydroxyl groups excluding tert-OH is 1. The van der Waals surface area contributed by atoms with Crippen LogP contribution >= 0.6 is 0 Å². The van der Waals surface area contributed by atoms with Crippen molar-refractivity contribution in [3.05, 3.63) is 34.9 Å². The van der Waals surface area contributed by atoms with E-state index in [4.69, 9.17) is 0 Å². The minimum atomic E-state index is -0.117. The molecule has 1 fully saturated rings. The zero-order chi connectivity index (χ0) is 15.2. The van der Waals surface area contributed by atoms with Gasteiger partial charge in [-0.25, -0.2) is 0 Å². The Labute approximate surface area is 129 Å². The molecule has 3 heteroatoms. The van der Waals surface area contributed by atoms with E-state index in [0.29, 0.717) is 6.04 Å². The number of likely N-dealkylation sites (tertiary alicyclic amines) is 1. The molecule has 21 heavy (non-hydrogen) atoms. The second-order valence-electron chi connectivity index (χ2n) is 6.46. The number of rotatable bonds is 7. The van der Waals surface area contributed by atoms with Crippen molar-refractivity contribution in [2.45, 2.75) is 52.2 Å². The number of hydrogen-bond donors (Lipinski definition) is 2. The molecule has 118 valence electrons. The molecule has 1 aromatic rings. The Morgan fingerprint density at radius 3 is 2.57 bits per heavy atom. The van der Waals surface area contributed by atoms with Gasteiger partial charge in [0.05, 0.1) is 6.10 Å². The van der Waals surface area contributed by atoms with Gasteiger partial charge in [-0.1, -0.05) is 36.2 Å². The SMILES string of the molecule is CCCNC(CCN1CCC(O)C1)c1cc(C)cc(C)c1. The lowest BCUT2D eigenvalue weighted by molar-refractivity contribution is 0.174. The molecule has 0 spiro atoms. The monoisotopic (exact) mass is 290 g/mol. The molecule has 0 aliphatic carbocycles. The van der Waals surface area contributed by atoms with Crippen molar-refractivity contribution >= 4 is 0 Å². The molecule has 0 saturated carbocycles. The van der Waals surface area contributed by atoms with Crippen molar-refractivity contribution in [1.29, 1.82) is 0 Å². The van der Waals surface area contributed by atoms with Crippen LogP contribution in [0.1, 0.15) is 48.9 Å². The van der Waals surface area contributed by atoms with Gasteiger partial charge in [0.1, 0.15) is 0 Å². The predicted molar refractivity (Wildman–Crippen MR) is 88.6 cm³/mol. The number of β-amino-alcohol motifs (C(OH)–C–C–N with tert-alkyl or cyclic N) is 1. The molecule has 1 heterocycles. The van der Waals surface area contributed by atoms with Crippen LogP contribution in [-0.2, 0) is 0 Å². The van der Waals surface area contributed by atoms with E-state index < -0.39 is 0 Å². The fourth-order valence-electron chi connectivity index (χ4n) is 3.24. The van der Waals surface area contributed by atoms with Crippen molar-refractivity contribution in [3.63, 3.8) is 0 Å². The summed E-state index contributed by atoms with van der Waals surface area (Å²) < 4.78 is 0. The maximum atomic E-state index is 9.64. The maximum Gasteiger partial charge on any atom is 0.0679 e. The fourth-order valence-corrected chi connectivity index (χ4v) is 3.24. The Morgan fingerprint density at radius 2 is 2.00 bits per heavy atom. The number of aryl methyl sites for hydroxylation is 2. The normalized spacial score (nSPS) is 20.9. The third-order valence-electron chi connectivity index (χ3n) is 4.27. The van der Waals surface area contributed by atoms with Gasteiger partial charge in [-0.15, -0.1) is 0 Å². The number of nitrogens with one attached hydrogen (secondary N) is 1. The maximum absolute atomic E-state index is 9.64. The first kappa shape index (κ1) is 16.5. The predicted octanol–water partition coefficient (Wildman–Crippen LogP) is 2.80. The number of benzene rings is 1. The summed E-state index contributed by atoms with van der Waals surface area (Å²) in [7, 11) is 0. The van der Waals surface area contributed by atoms with Gasteiger partial charge >= 0.3 is 0 Å². The molecular formula is C18H30N2O. The minimum Gasteiger partial charge on any atom is -0.392 e. The van der Waals surface area contributed by atoms with Crippen molar-refractivity contribution in [2.75, 3.05) is 26.2 Å². The third kappa shape index (κ3) is 5.10. The smallest absolute Gasteiger partial charge is 0.0679 e.